The minimum absolute atomic E-state index is 0.0727. The van der Waals surface area contributed by atoms with E-state index in [1.54, 1.807) is 0 Å². The number of ether oxygens (including phenoxy) is 1. The maximum Gasteiger partial charge on any atom is 0.0870 e. The molecule has 0 rings (SSSR count). The van der Waals surface area contributed by atoms with Crippen LogP contribution in [0.5, 0.6) is 0 Å². The first-order valence-corrected chi connectivity index (χ1v) is 3.67. The molecule has 3 nitrogen and oxygen atoms in total. The van der Waals surface area contributed by atoms with Gasteiger partial charge in [-0.1, -0.05) is 0 Å². The smallest absolute Gasteiger partial charge is 0.0870 e. The van der Waals surface area contributed by atoms with E-state index < -0.39 is 0 Å². The Balaban J connectivity index is 3.12. The molecule has 0 saturated carbocycles. The second kappa shape index (κ2) is 5.97. The zero-order valence-corrected chi connectivity index (χ0v) is 7.30. The predicted molar refractivity (Wildman–Crippen MR) is 44.0 cm³/mol. The van der Waals surface area contributed by atoms with Crippen molar-refractivity contribution in [1.82, 2.24) is 0 Å². The van der Waals surface area contributed by atoms with Crippen LogP contribution >= 0.6 is 12.9 Å². The Bertz CT molecular complexity index is 80.1. The van der Waals surface area contributed by atoms with Crippen molar-refractivity contribution in [2.45, 2.75) is 26.0 Å². The quantitative estimate of drug-likeness (QED) is 0.463. The highest BCUT2D eigenvalue weighted by atomic mass is 32.1. The molecule has 0 aromatic carbocycles. The summed E-state index contributed by atoms with van der Waals surface area (Å²) in [5, 5.41) is 0. The van der Waals surface area contributed by atoms with Crippen LogP contribution in [0.15, 0.2) is 0 Å². The first-order valence-electron chi connectivity index (χ1n) is 3.30. The van der Waals surface area contributed by atoms with Gasteiger partial charge in [-0.2, -0.15) is 0 Å². The van der Waals surface area contributed by atoms with E-state index in [2.05, 4.69) is 17.1 Å². The molecule has 2 atom stereocenters. The van der Waals surface area contributed by atoms with E-state index in [9.17, 15) is 0 Å². The van der Waals surface area contributed by atoms with Gasteiger partial charge in [-0.3, -0.25) is 0 Å². The molecule has 0 spiro atoms. The Morgan fingerprint density at radius 1 is 1.40 bits per heavy atom. The lowest BCUT2D eigenvalue weighted by Gasteiger charge is -2.12. The monoisotopic (exact) mass is 165 g/mol. The molecule has 4 heteroatoms. The highest BCUT2D eigenvalue weighted by Gasteiger charge is 2.01. The average molecular weight is 165 g/mol. The van der Waals surface area contributed by atoms with Gasteiger partial charge in [-0.25, -0.2) is 0 Å². The lowest BCUT2D eigenvalue weighted by Crippen LogP contribution is -2.26. The topological polar surface area (TPSA) is 44.5 Å². The van der Waals surface area contributed by atoms with Crippen molar-refractivity contribution < 1.29 is 8.92 Å². The van der Waals surface area contributed by atoms with Gasteiger partial charge in [-0.05, 0) is 26.8 Å². The normalized spacial score (nSPS) is 16.8. The molecule has 0 saturated heterocycles. The molecule has 0 aliphatic carbocycles. The summed E-state index contributed by atoms with van der Waals surface area (Å²) in [6.07, 6.45) is 0.0727. The maximum atomic E-state index is 5.45. The fourth-order valence-electron chi connectivity index (χ4n) is 0.469. The van der Waals surface area contributed by atoms with Crippen LogP contribution in [0.3, 0.4) is 0 Å². The van der Waals surface area contributed by atoms with Crippen LogP contribution in [-0.4, -0.2) is 25.4 Å². The standard InChI is InChI=1S/C6H15NO2S/c1-5(7)3-8-6(2)4-9-10/h5-6,10H,3-4,7H2,1-2H3. The molecular weight excluding hydrogens is 150 g/mol. The Morgan fingerprint density at radius 3 is 2.40 bits per heavy atom. The van der Waals surface area contributed by atoms with Gasteiger partial charge in [0.15, 0.2) is 0 Å². The largest absolute Gasteiger partial charge is 0.374 e. The molecule has 0 aliphatic rings. The van der Waals surface area contributed by atoms with E-state index in [0.29, 0.717) is 13.2 Å². The lowest BCUT2D eigenvalue weighted by molar-refractivity contribution is 0.0327. The van der Waals surface area contributed by atoms with E-state index in [1.807, 2.05) is 13.8 Å². The van der Waals surface area contributed by atoms with Crippen molar-refractivity contribution in [3.05, 3.63) is 0 Å². The van der Waals surface area contributed by atoms with Crippen molar-refractivity contribution in [1.29, 1.82) is 0 Å². The molecular formula is C6H15NO2S. The summed E-state index contributed by atoms with van der Waals surface area (Å²) in [5.74, 6) is 0. The Morgan fingerprint density at radius 2 is 2.00 bits per heavy atom. The number of thiol groups is 1. The third-order valence-corrected chi connectivity index (χ3v) is 1.10. The van der Waals surface area contributed by atoms with Gasteiger partial charge in [0.1, 0.15) is 0 Å². The van der Waals surface area contributed by atoms with E-state index >= 15 is 0 Å². The fraction of sp³-hybridized carbons (Fsp3) is 1.00. The van der Waals surface area contributed by atoms with Crippen LogP contribution in [-0.2, 0) is 8.92 Å². The van der Waals surface area contributed by atoms with Crippen molar-refractivity contribution in [2.75, 3.05) is 13.2 Å². The number of hydrogen-bond donors (Lipinski definition) is 2. The average Bonchev–Trinajstić information content (AvgIpc) is 1.85. The minimum atomic E-state index is 0.0727. The molecule has 62 valence electrons. The molecule has 0 fully saturated rings. The van der Waals surface area contributed by atoms with Gasteiger partial charge >= 0.3 is 0 Å². The van der Waals surface area contributed by atoms with Gasteiger partial charge in [0, 0.05) is 6.04 Å². The van der Waals surface area contributed by atoms with Crippen LogP contribution in [0.2, 0.25) is 0 Å². The van der Waals surface area contributed by atoms with Crippen molar-refractivity contribution in [2.24, 2.45) is 5.73 Å². The first kappa shape index (κ1) is 10.2. The Hall–Kier alpha value is 0.230. The number of rotatable bonds is 5. The minimum Gasteiger partial charge on any atom is -0.374 e. The van der Waals surface area contributed by atoms with Crippen molar-refractivity contribution >= 4 is 12.9 Å². The summed E-state index contributed by atoms with van der Waals surface area (Å²) in [4.78, 5) is 0. The molecule has 0 amide bonds. The summed E-state index contributed by atoms with van der Waals surface area (Å²) in [6.45, 7) is 4.88. The summed E-state index contributed by atoms with van der Waals surface area (Å²) >= 11 is 3.59. The molecule has 0 aliphatic heterocycles. The molecule has 10 heavy (non-hydrogen) atoms. The van der Waals surface area contributed by atoms with Crippen molar-refractivity contribution in [3.8, 4) is 0 Å². The van der Waals surface area contributed by atoms with Gasteiger partial charge in [0.2, 0.25) is 0 Å². The SMILES string of the molecule is CC(N)COC(C)COS. The molecule has 0 bridgehead atoms. The number of hydrogen-bond acceptors (Lipinski definition) is 4. The molecule has 2 N–H and O–H groups in total. The third kappa shape index (κ3) is 6.35. The van der Waals surface area contributed by atoms with Crippen molar-refractivity contribution in [3.63, 3.8) is 0 Å². The van der Waals surface area contributed by atoms with Gasteiger partial charge in [0.05, 0.1) is 19.3 Å². The van der Waals surface area contributed by atoms with Crippen LogP contribution in [0.25, 0.3) is 0 Å². The Kier molecular flexibility index (Phi) is 6.11. The van der Waals surface area contributed by atoms with Crippen LogP contribution < -0.4 is 5.73 Å². The van der Waals surface area contributed by atoms with E-state index in [1.165, 1.54) is 0 Å². The van der Waals surface area contributed by atoms with Gasteiger partial charge < -0.3 is 14.7 Å². The van der Waals surface area contributed by atoms with E-state index in [4.69, 9.17) is 10.5 Å². The molecule has 0 radical (unpaired) electrons. The van der Waals surface area contributed by atoms with Crippen LogP contribution in [0.1, 0.15) is 13.8 Å². The highest BCUT2D eigenvalue weighted by molar-refractivity contribution is 7.75. The third-order valence-electron chi connectivity index (χ3n) is 0.953. The Labute approximate surface area is 67.5 Å². The summed E-state index contributed by atoms with van der Waals surface area (Å²) in [5.41, 5.74) is 5.45. The zero-order valence-electron chi connectivity index (χ0n) is 6.41. The second-order valence-corrected chi connectivity index (χ2v) is 2.68. The zero-order chi connectivity index (χ0) is 7.98. The van der Waals surface area contributed by atoms with Gasteiger partial charge in [-0.15, -0.1) is 0 Å². The molecule has 0 aromatic rings. The van der Waals surface area contributed by atoms with Crippen LogP contribution in [0.4, 0.5) is 0 Å². The fourth-order valence-corrected chi connectivity index (χ4v) is 0.679. The maximum absolute atomic E-state index is 5.45. The molecule has 2 unspecified atom stereocenters. The van der Waals surface area contributed by atoms with Gasteiger partial charge in [0.25, 0.3) is 0 Å². The predicted octanol–water partition coefficient (Wildman–Crippen LogP) is 0.600. The second-order valence-electron chi connectivity index (χ2n) is 2.42. The van der Waals surface area contributed by atoms with Crippen LogP contribution in [0, 0.1) is 0 Å². The molecule has 0 aromatic heterocycles. The number of nitrogens with two attached hydrogens (primary N) is 1. The van der Waals surface area contributed by atoms with E-state index in [-0.39, 0.29) is 12.1 Å². The summed E-state index contributed by atoms with van der Waals surface area (Å²) in [7, 11) is 0. The molecule has 0 heterocycles. The highest BCUT2D eigenvalue weighted by Crippen LogP contribution is 1.93. The first-order chi connectivity index (χ1) is 4.66. The summed E-state index contributed by atoms with van der Waals surface area (Å²) < 4.78 is 9.81. The van der Waals surface area contributed by atoms with E-state index in [0.717, 1.165) is 0 Å². The summed E-state index contributed by atoms with van der Waals surface area (Å²) in [6, 6.07) is 0.0855. The lowest BCUT2D eigenvalue weighted by atomic mass is 10.4.